The van der Waals surface area contributed by atoms with Gasteiger partial charge in [0.05, 0.1) is 19.9 Å². The highest BCUT2D eigenvalue weighted by atomic mass is 32.1. The van der Waals surface area contributed by atoms with Crippen molar-refractivity contribution in [3.05, 3.63) is 40.6 Å². The van der Waals surface area contributed by atoms with Crippen molar-refractivity contribution < 1.29 is 9.47 Å². The Balaban J connectivity index is 2.12. The molecule has 0 atom stereocenters. The van der Waals surface area contributed by atoms with E-state index >= 15 is 0 Å². The van der Waals surface area contributed by atoms with Gasteiger partial charge in [-0.1, -0.05) is 0 Å². The fourth-order valence-corrected chi connectivity index (χ4v) is 2.21. The highest BCUT2D eigenvalue weighted by molar-refractivity contribution is 7.07. The van der Waals surface area contributed by atoms with Gasteiger partial charge in [-0.3, -0.25) is 0 Å². The first kappa shape index (κ1) is 11.8. The molecule has 0 spiro atoms. The minimum absolute atomic E-state index is 0.785. The van der Waals surface area contributed by atoms with Gasteiger partial charge in [0.2, 0.25) is 0 Å². The van der Waals surface area contributed by atoms with Gasteiger partial charge in [-0.25, -0.2) is 0 Å². The lowest BCUT2D eigenvalue weighted by Gasteiger charge is -2.12. The number of methoxy groups -OCH3 is 2. The van der Waals surface area contributed by atoms with Gasteiger partial charge in [-0.05, 0) is 34.5 Å². The summed E-state index contributed by atoms with van der Waals surface area (Å²) in [5.74, 6) is 1.64. The monoisotopic (exact) mass is 249 g/mol. The summed E-state index contributed by atoms with van der Waals surface area (Å²) in [6.07, 6.45) is 0. The van der Waals surface area contributed by atoms with Crippen molar-refractivity contribution in [3.63, 3.8) is 0 Å². The van der Waals surface area contributed by atoms with Crippen molar-refractivity contribution in [2.24, 2.45) is 0 Å². The van der Waals surface area contributed by atoms with E-state index in [2.05, 4.69) is 22.1 Å². The van der Waals surface area contributed by atoms with E-state index in [9.17, 15) is 0 Å². The quantitative estimate of drug-likeness (QED) is 0.881. The lowest BCUT2D eigenvalue weighted by molar-refractivity contribution is 0.404. The van der Waals surface area contributed by atoms with Crippen LogP contribution in [-0.2, 0) is 6.54 Å². The molecular weight excluding hydrogens is 234 g/mol. The first-order valence-corrected chi connectivity index (χ1v) is 6.24. The van der Waals surface area contributed by atoms with E-state index in [0.717, 1.165) is 23.7 Å². The second-order valence-electron chi connectivity index (χ2n) is 3.55. The number of ether oxygens (including phenoxy) is 2. The molecule has 0 fully saturated rings. The molecule has 90 valence electrons. The lowest BCUT2D eigenvalue weighted by atomic mass is 10.2. The molecule has 0 saturated carbocycles. The number of hydrogen-bond acceptors (Lipinski definition) is 4. The van der Waals surface area contributed by atoms with Crippen LogP contribution in [0.2, 0.25) is 0 Å². The molecule has 1 aromatic heterocycles. The SMILES string of the molecule is COc1ccc(OC)c(NCc2ccsc2)c1. The van der Waals surface area contributed by atoms with Gasteiger partial charge in [-0.15, -0.1) is 0 Å². The summed E-state index contributed by atoms with van der Waals surface area (Å²) in [7, 11) is 3.32. The Hall–Kier alpha value is -1.68. The number of thiophene rings is 1. The predicted molar refractivity (Wildman–Crippen MR) is 71.2 cm³/mol. The smallest absolute Gasteiger partial charge is 0.142 e. The fourth-order valence-electron chi connectivity index (χ4n) is 1.54. The molecule has 17 heavy (non-hydrogen) atoms. The van der Waals surface area contributed by atoms with Gasteiger partial charge in [-0.2, -0.15) is 11.3 Å². The maximum Gasteiger partial charge on any atom is 0.142 e. The zero-order valence-electron chi connectivity index (χ0n) is 9.90. The van der Waals surface area contributed by atoms with E-state index in [4.69, 9.17) is 9.47 Å². The normalized spacial score (nSPS) is 10.0. The Bertz CT molecular complexity index is 468. The van der Waals surface area contributed by atoms with Crippen molar-refractivity contribution in [2.45, 2.75) is 6.54 Å². The molecule has 4 heteroatoms. The minimum atomic E-state index is 0.785. The summed E-state index contributed by atoms with van der Waals surface area (Å²) >= 11 is 1.70. The summed E-state index contributed by atoms with van der Waals surface area (Å²) in [6, 6.07) is 7.82. The van der Waals surface area contributed by atoms with Crippen molar-refractivity contribution in [1.82, 2.24) is 0 Å². The second kappa shape index (κ2) is 5.59. The van der Waals surface area contributed by atoms with E-state index in [1.165, 1.54) is 5.56 Å². The number of hydrogen-bond donors (Lipinski definition) is 1. The molecule has 1 N–H and O–H groups in total. The van der Waals surface area contributed by atoms with Crippen molar-refractivity contribution >= 4 is 17.0 Å². The van der Waals surface area contributed by atoms with Crippen molar-refractivity contribution in [1.29, 1.82) is 0 Å². The Morgan fingerprint density at radius 2 is 2.06 bits per heavy atom. The summed E-state index contributed by atoms with van der Waals surface area (Å²) < 4.78 is 10.5. The molecule has 0 radical (unpaired) electrons. The molecule has 0 unspecified atom stereocenters. The van der Waals surface area contributed by atoms with Crippen LogP contribution in [0.3, 0.4) is 0 Å². The van der Waals surface area contributed by atoms with Gasteiger partial charge >= 0.3 is 0 Å². The second-order valence-corrected chi connectivity index (χ2v) is 4.33. The number of nitrogens with one attached hydrogen (secondary N) is 1. The average molecular weight is 249 g/mol. The van der Waals surface area contributed by atoms with Crippen LogP contribution in [0.1, 0.15) is 5.56 Å². The predicted octanol–water partition coefficient (Wildman–Crippen LogP) is 3.38. The third-order valence-electron chi connectivity index (χ3n) is 2.47. The number of anilines is 1. The summed E-state index contributed by atoms with van der Waals surface area (Å²) in [5.41, 5.74) is 2.21. The summed E-state index contributed by atoms with van der Waals surface area (Å²) in [6.45, 7) is 0.785. The first-order chi connectivity index (χ1) is 8.33. The van der Waals surface area contributed by atoms with Gasteiger partial charge in [0.1, 0.15) is 11.5 Å². The summed E-state index contributed by atoms with van der Waals surface area (Å²) in [5, 5.41) is 7.54. The van der Waals surface area contributed by atoms with E-state index in [-0.39, 0.29) is 0 Å². The van der Waals surface area contributed by atoms with Gasteiger partial charge in [0, 0.05) is 12.6 Å². The van der Waals surface area contributed by atoms with Crippen LogP contribution >= 0.6 is 11.3 Å². The number of benzene rings is 1. The van der Waals surface area contributed by atoms with E-state index in [1.807, 2.05) is 18.2 Å². The lowest BCUT2D eigenvalue weighted by Crippen LogP contribution is -2.00. The van der Waals surface area contributed by atoms with Gasteiger partial charge in [0.25, 0.3) is 0 Å². The van der Waals surface area contributed by atoms with Crippen LogP contribution < -0.4 is 14.8 Å². The van der Waals surface area contributed by atoms with E-state index in [1.54, 1.807) is 25.6 Å². The Morgan fingerprint density at radius 3 is 2.71 bits per heavy atom. The molecular formula is C13H15NO2S. The molecule has 1 heterocycles. The average Bonchev–Trinajstić information content (AvgIpc) is 2.89. The van der Waals surface area contributed by atoms with E-state index < -0.39 is 0 Å². The van der Waals surface area contributed by atoms with Crippen LogP contribution in [0.15, 0.2) is 35.0 Å². The molecule has 2 aromatic rings. The standard InChI is InChI=1S/C13H15NO2S/c1-15-11-3-4-13(16-2)12(7-11)14-8-10-5-6-17-9-10/h3-7,9,14H,8H2,1-2H3. The zero-order valence-corrected chi connectivity index (χ0v) is 10.7. The van der Waals surface area contributed by atoms with Crippen LogP contribution in [0, 0.1) is 0 Å². The van der Waals surface area contributed by atoms with Crippen LogP contribution in [0.4, 0.5) is 5.69 Å². The van der Waals surface area contributed by atoms with E-state index in [0.29, 0.717) is 0 Å². The Morgan fingerprint density at radius 1 is 1.18 bits per heavy atom. The molecule has 2 rings (SSSR count). The highest BCUT2D eigenvalue weighted by Crippen LogP contribution is 2.29. The van der Waals surface area contributed by atoms with Gasteiger partial charge in [0.15, 0.2) is 0 Å². The molecule has 0 saturated heterocycles. The third kappa shape index (κ3) is 2.91. The maximum absolute atomic E-state index is 5.30. The van der Waals surface area contributed by atoms with Gasteiger partial charge < -0.3 is 14.8 Å². The molecule has 0 bridgehead atoms. The van der Waals surface area contributed by atoms with Crippen molar-refractivity contribution in [3.8, 4) is 11.5 Å². The fraction of sp³-hybridized carbons (Fsp3) is 0.231. The Kier molecular flexibility index (Phi) is 3.88. The number of rotatable bonds is 5. The van der Waals surface area contributed by atoms with Crippen LogP contribution in [-0.4, -0.2) is 14.2 Å². The molecule has 0 aliphatic carbocycles. The first-order valence-electron chi connectivity index (χ1n) is 5.30. The minimum Gasteiger partial charge on any atom is -0.497 e. The Labute approximate surface area is 105 Å². The van der Waals surface area contributed by atoms with Crippen LogP contribution in [0.5, 0.6) is 11.5 Å². The third-order valence-corrected chi connectivity index (χ3v) is 3.20. The molecule has 1 aromatic carbocycles. The molecule has 0 amide bonds. The topological polar surface area (TPSA) is 30.5 Å². The molecule has 0 aliphatic heterocycles. The zero-order chi connectivity index (χ0) is 12.1. The summed E-state index contributed by atoms with van der Waals surface area (Å²) in [4.78, 5) is 0. The largest absolute Gasteiger partial charge is 0.497 e. The molecule has 0 aliphatic rings. The highest BCUT2D eigenvalue weighted by Gasteiger charge is 2.04. The molecule has 3 nitrogen and oxygen atoms in total. The van der Waals surface area contributed by atoms with Crippen molar-refractivity contribution in [2.75, 3.05) is 19.5 Å². The maximum atomic E-state index is 5.30. The van der Waals surface area contributed by atoms with Crippen LogP contribution in [0.25, 0.3) is 0 Å².